The molecule has 90 valence electrons. The summed E-state index contributed by atoms with van der Waals surface area (Å²) >= 11 is 0. The van der Waals surface area contributed by atoms with Crippen LogP contribution in [0.25, 0.3) is 0 Å². The van der Waals surface area contributed by atoms with Gasteiger partial charge in [0.15, 0.2) is 0 Å². The van der Waals surface area contributed by atoms with Gasteiger partial charge in [0.2, 0.25) is 5.91 Å². The van der Waals surface area contributed by atoms with E-state index in [1.54, 1.807) is 7.05 Å². The first kappa shape index (κ1) is 11.8. The highest BCUT2D eigenvalue weighted by Crippen LogP contribution is 2.15. The van der Waals surface area contributed by atoms with Crippen molar-refractivity contribution in [1.29, 1.82) is 0 Å². The van der Waals surface area contributed by atoms with Gasteiger partial charge >= 0.3 is 0 Å². The van der Waals surface area contributed by atoms with Crippen LogP contribution in [0.2, 0.25) is 0 Å². The Labute approximate surface area is 102 Å². The molecule has 1 saturated heterocycles. The van der Waals surface area contributed by atoms with E-state index in [1.165, 1.54) is 0 Å². The molecule has 1 aliphatic heterocycles. The molecule has 1 aromatic carbocycles. The molecule has 1 heterocycles. The molecule has 0 saturated carbocycles. The number of nitrogens with zero attached hydrogens (tertiary/aromatic N) is 2. The van der Waals surface area contributed by atoms with Crippen molar-refractivity contribution in [3.05, 3.63) is 35.9 Å². The Morgan fingerprint density at radius 1 is 1.18 bits per heavy atom. The quantitative estimate of drug-likeness (QED) is 0.539. The Kier molecular flexibility index (Phi) is 3.91. The Morgan fingerprint density at radius 3 is 2.65 bits per heavy atom. The first-order valence-electron chi connectivity index (χ1n) is 6.15. The van der Waals surface area contributed by atoms with Crippen LogP contribution in [0.15, 0.2) is 35.3 Å². The van der Waals surface area contributed by atoms with Crippen LogP contribution in [0.5, 0.6) is 0 Å². The lowest BCUT2D eigenvalue weighted by Gasteiger charge is -2.22. The number of amidine groups is 1. The number of likely N-dealkylation sites (tertiary alicyclic amines) is 1. The molecule has 1 amide bonds. The number of aliphatic imine (C=N–C) groups is 1. The molecule has 0 spiro atoms. The highest BCUT2D eigenvalue weighted by Gasteiger charge is 2.21. The van der Waals surface area contributed by atoms with Crippen molar-refractivity contribution >= 4 is 11.7 Å². The topological polar surface area (TPSA) is 32.7 Å². The maximum Gasteiger partial charge on any atom is 0.228 e. The summed E-state index contributed by atoms with van der Waals surface area (Å²) in [7, 11) is 1.75. The highest BCUT2D eigenvalue weighted by atomic mass is 16.2. The highest BCUT2D eigenvalue weighted by molar-refractivity contribution is 6.07. The smallest absolute Gasteiger partial charge is 0.228 e. The van der Waals surface area contributed by atoms with Crippen LogP contribution >= 0.6 is 0 Å². The molecular weight excluding hydrogens is 212 g/mol. The molecule has 1 aromatic rings. The third kappa shape index (κ3) is 2.73. The molecule has 0 radical (unpaired) electrons. The molecule has 1 aliphatic rings. The normalized spacial score (nSPS) is 18.1. The van der Waals surface area contributed by atoms with Crippen molar-refractivity contribution in [1.82, 2.24) is 4.90 Å². The van der Waals surface area contributed by atoms with Crippen molar-refractivity contribution in [2.24, 2.45) is 4.99 Å². The summed E-state index contributed by atoms with van der Waals surface area (Å²) in [6, 6.07) is 9.92. The van der Waals surface area contributed by atoms with Gasteiger partial charge in [0.25, 0.3) is 0 Å². The van der Waals surface area contributed by atoms with Crippen LogP contribution in [0.1, 0.15) is 31.2 Å². The first-order valence-corrected chi connectivity index (χ1v) is 6.15. The number of carbonyl (C=O) groups excluding carboxylic acids is 1. The van der Waals surface area contributed by atoms with Crippen molar-refractivity contribution in [3.63, 3.8) is 0 Å². The van der Waals surface area contributed by atoms with E-state index >= 15 is 0 Å². The van der Waals surface area contributed by atoms with Crippen LogP contribution in [0.3, 0.4) is 0 Å². The number of hydrogen-bond acceptors (Lipinski definition) is 2. The predicted molar refractivity (Wildman–Crippen MR) is 69.1 cm³/mol. The zero-order valence-corrected chi connectivity index (χ0v) is 10.2. The van der Waals surface area contributed by atoms with Gasteiger partial charge in [0, 0.05) is 25.6 Å². The summed E-state index contributed by atoms with van der Waals surface area (Å²) in [4.78, 5) is 18.2. The fourth-order valence-corrected chi connectivity index (χ4v) is 2.20. The third-order valence-corrected chi connectivity index (χ3v) is 3.07. The van der Waals surface area contributed by atoms with Crippen molar-refractivity contribution in [2.75, 3.05) is 13.6 Å². The maximum absolute atomic E-state index is 12.0. The first-order chi connectivity index (χ1) is 8.33. The summed E-state index contributed by atoms with van der Waals surface area (Å²) in [5.41, 5.74) is 1.02. The maximum atomic E-state index is 12.0. The lowest BCUT2D eigenvalue weighted by atomic mass is 10.2. The number of carbonyl (C=O) groups is 1. The molecule has 3 nitrogen and oxygen atoms in total. The van der Waals surface area contributed by atoms with E-state index in [4.69, 9.17) is 0 Å². The van der Waals surface area contributed by atoms with E-state index in [9.17, 15) is 4.79 Å². The van der Waals surface area contributed by atoms with Gasteiger partial charge in [-0.15, -0.1) is 0 Å². The molecule has 0 aromatic heterocycles. The largest absolute Gasteiger partial charge is 0.297 e. The second kappa shape index (κ2) is 5.62. The summed E-state index contributed by atoms with van der Waals surface area (Å²) in [5.74, 6) is 1.00. The fraction of sp³-hybridized carbons (Fsp3) is 0.429. The summed E-state index contributed by atoms with van der Waals surface area (Å²) < 4.78 is 0. The molecular formula is C14H18N2O. The third-order valence-electron chi connectivity index (χ3n) is 3.07. The molecule has 3 heteroatoms. The van der Waals surface area contributed by atoms with Gasteiger partial charge in [-0.1, -0.05) is 36.8 Å². The van der Waals surface area contributed by atoms with Gasteiger partial charge in [0.05, 0.1) is 0 Å². The van der Waals surface area contributed by atoms with E-state index < -0.39 is 0 Å². The van der Waals surface area contributed by atoms with Gasteiger partial charge in [-0.2, -0.15) is 0 Å². The second-order valence-corrected chi connectivity index (χ2v) is 4.27. The zero-order valence-electron chi connectivity index (χ0n) is 10.2. The van der Waals surface area contributed by atoms with Gasteiger partial charge in [-0.25, -0.2) is 0 Å². The minimum atomic E-state index is 0.201. The Morgan fingerprint density at radius 2 is 1.94 bits per heavy atom. The van der Waals surface area contributed by atoms with Gasteiger partial charge < -0.3 is 0 Å². The van der Waals surface area contributed by atoms with E-state index in [-0.39, 0.29) is 5.91 Å². The Hall–Kier alpha value is -1.64. The number of amides is 1. The molecule has 0 N–H and O–H groups in total. The van der Waals surface area contributed by atoms with Crippen molar-refractivity contribution in [2.45, 2.75) is 25.7 Å². The van der Waals surface area contributed by atoms with E-state index in [0.29, 0.717) is 6.42 Å². The minimum absolute atomic E-state index is 0.201. The number of benzene rings is 1. The number of hydrogen-bond donors (Lipinski definition) is 0. The molecule has 1 fully saturated rings. The standard InChI is InChI=1S/C14H18N2O/c1-15-14(12-8-4-2-5-9-12)16-11-7-3-6-10-13(16)17/h2,4-5,8-9H,3,6-7,10-11H2,1H3. The number of rotatable bonds is 1. The van der Waals surface area contributed by atoms with Gasteiger partial charge in [-0.3, -0.25) is 14.7 Å². The summed E-state index contributed by atoms with van der Waals surface area (Å²) in [6.45, 7) is 0.792. The SMILES string of the molecule is CN=C(c1ccccc1)N1CCCCCC1=O. The zero-order chi connectivity index (χ0) is 12.1. The van der Waals surface area contributed by atoms with Gasteiger partial charge in [-0.05, 0) is 12.8 Å². The molecule has 0 atom stereocenters. The summed E-state index contributed by atoms with van der Waals surface area (Å²) in [6.07, 6.45) is 3.85. The second-order valence-electron chi connectivity index (χ2n) is 4.27. The molecule has 0 aliphatic carbocycles. The summed E-state index contributed by atoms with van der Waals surface area (Å²) in [5, 5.41) is 0. The van der Waals surface area contributed by atoms with Crippen molar-refractivity contribution in [3.8, 4) is 0 Å². The lowest BCUT2D eigenvalue weighted by molar-refractivity contribution is -0.126. The van der Waals surface area contributed by atoms with Crippen LogP contribution < -0.4 is 0 Å². The molecule has 2 rings (SSSR count). The van der Waals surface area contributed by atoms with E-state index in [0.717, 1.165) is 37.2 Å². The minimum Gasteiger partial charge on any atom is -0.297 e. The fourth-order valence-electron chi connectivity index (χ4n) is 2.20. The van der Waals surface area contributed by atoms with Crippen LogP contribution in [0, 0.1) is 0 Å². The van der Waals surface area contributed by atoms with Crippen molar-refractivity contribution < 1.29 is 4.79 Å². The monoisotopic (exact) mass is 230 g/mol. The molecule has 17 heavy (non-hydrogen) atoms. The van der Waals surface area contributed by atoms with Crippen LogP contribution in [-0.2, 0) is 4.79 Å². The average Bonchev–Trinajstić information content (AvgIpc) is 2.58. The molecule has 0 bridgehead atoms. The Balaban J connectivity index is 2.26. The molecule has 0 unspecified atom stereocenters. The van der Waals surface area contributed by atoms with E-state index in [1.807, 2.05) is 35.2 Å². The Bertz CT molecular complexity index is 411. The predicted octanol–water partition coefficient (Wildman–Crippen LogP) is 2.47. The lowest BCUT2D eigenvalue weighted by Crippen LogP contribution is -2.37. The average molecular weight is 230 g/mol. The van der Waals surface area contributed by atoms with Crippen LogP contribution in [-0.4, -0.2) is 30.2 Å². The van der Waals surface area contributed by atoms with E-state index in [2.05, 4.69) is 4.99 Å². The van der Waals surface area contributed by atoms with Crippen LogP contribution in [0.4, 0.5) is 0 Å². The van der Waals surface area contributed by atoms with Gasteiger partial charge in [0.1, 0.15) is 5.84 Å².